The first-order valence-electron chi connectivity index (χ1n) is 5.06. The number of anilines is 1. The van der Waals surface area contributed by atoms with Gasteiger partial charge >= 0.3 is 6.18 Å². The lowest BCUT2D eigenvalue weighted by Gasteiger charge is -2.25. The van der Waals surface area contributed by atoms with Crippen molar-refractivity contribution >= 4 is 5.82 Å². The Balaban J connectivity index is 2.80. The van der Waals surface area contributed by atoms with Crippen LogP contribution in [-0.2, 0) is 6.18 Å². The predicted octanol–water partition coefficient (Wildman–Crippen LogP) is 3.70. The van der Waals surface area contributed by atoms with Gasteiger partial charge in [-0.2, -0.15) is 13.2 Å². The van der Waals surface area contributed by atoms with E-state index in [1.807, 2.05) is 20.8 Å². The van der Waals surface area contributed by atoms with E-state index in [1.165, 1.54) is 6.07 Å². The maximum Gasteiger partial charge on any atom is 0.417 e. The van der Waals surface area contributed by atoms with E-state index in [-0.39, 0.29) is 5.54 Å². The molecule has 0 saturated heterocycles. The van der Waals surface area contributed by atoms with Crippen LogP contribution in [0.3, 0.4) is 0 Å². The highest BCUT2D eigenvalue weighted by molar-refractivity contribution is 5.38. The van der Waals surface area contributed by atoms with Crippen molar-refractivity contribution in [1.29, 1.82) is 0 Å². The predicted molar refractivity (Wildman–Crippen MR) is 57.2 cm³/mol. The average molecular weight is 232 g/mol. The number of aromatic nitrogens is 1. The van der Waals surface area contributed by atoms with Crippen LogP contribution < -0.4 is 5.32 Å². The van der Waals surface area contributed by atoms with Gasteiger partial charge in [0.25, 0.3) is 0 Å². The van der Waals surface area contributed by atoms with E-state index < -0.39 is 11.7 Å². The molecule has 0 unspecified atom stereocenters. The second-order valence-corrected chi connectivity index (χ2v) is 4.29. The van der Waals surface area contributed by atoms with Crippen LogP contribution >= 0.6 is 0 Å². The zero-order chi connectivity index (χ0) is 12.4. The summed E-state index contributed by atoms with van der Waals surface area (Å²) in [6, 6.07) is 2.38. The molecule has 0 aliphatic heterocycles. The average Bonchev–Trinajstić information content (AvgIpc) is 2.16. The van der Waals surface area contributed by atoms with Gasteiger partial charge in [0, 0.05) is 11.7 Å². The zero-order valence-electron chi connectivity index (χ0n) is 9.52. The van der Waals surface area contributed by atoms with Crippen LogP contribution in [-0.4, -0.2) is 10.5 Å². The molecular formula is C11H15F3N2. The largest absolute Gasteiger partial charge is 0.417 e. The monoisotopic (exact) mass is 232 g/mol. The minimum atomic E-state index is -4.33. The molecule has 90 valence electrons. The van der Waals surface area contributed by atoms with Crippen LogP contribution in [0.5, 0.6) is 0 Å². The topological polar surface area (TPSA) is 24.9 Å². The Bertz CT molecular complexity index is 341. The van der Waals surface area contributed by atoms with Crippen molar-refractivity contribution in [3.63, 3.8) is 0 Å². The third-order valence-electron chi connectivity index (χ3n) is 2.44. The molecule has 2 nitrogen and oxygen atoms in total. The van der Waals surface area contributed by atoms with Crippen molar-refractivity contribution in [2.45, 2.75) is 38.9 Å². The lowest BCUT2D eigenvalue weighted by molar-refractivity contribution is -0.137. The van der Waals surface area contributed by atoms with E-state index in [4.69, 9.17) is 0 Å². The highest BCUT2D eigenvalue weighted by Crippen LogP contribution is 2.29. The Morgan fingerprint density at radius 1 is 1.25 bits per heavy atom. The molecule has 1 aromatic rings. The third kappa shape index (κ3) is 3.40. The van der Waals surface area contributed by atoms with E-state index in [0.717, 1.165) is 18.7 Å². The molecule has 0 aliphatic rings. The molecule has 0 spiro atoms. The highest BCUT2D eigenvalue weighted by Gasteiger charge is 2.30. The van der Waals surface area contributed by atoms with Gasteiger partial charge in [0.05, 0.1) is 5.56 Å². The molecule has 0 bridgehead atoms. The Kier molecular flexibility index (Phi) is 3.45. The first-order chi connectivity index (χ1) is 7.24. The van der Waals surface area contributed by atoms with E-state index in [1.54, 1.807) is 0 Å². The maximum absolute atomic E-state index is 12.3. The van der Waals surface area contributed by atoms with Gasteiger partial charge in [0.2, 0.25) is 0 Å². The maximum atomic E-state index is 12.3. The van der Waals surface area contributed by atoms with Gasteiger partial charge in [0.15, 0.2) is 0 Å². The molecule has 0 radical (unpaired) electrons. The molecule has 16 heavy (non-hydrogen) atoms. The van der Waals surface area contributed by atoms with Crippen molar-refractivity contribution in [3.05, 3.63) is 23.9 Å². The summed E-state index contributed by atoms with van der Waals surface area (Å²) in [5.74, 6) is 0.458. The number of alkyl halides is 3. The molecule has 0 aliphatic carbocycles. The quantitative estimate of drug-likeness (QED) is 0.859. The fourth-order valence-electron chi connectivity index (χ4n) is 1.07. The minimum Gasteiger partial charge on any atom is -0.365 e. The van der Waals surface area contributed by atoms with E-state index in [2.05, 4.69) is 10.3 Å². The summed E-state index contributed by atoms with van der Waals surface area (Å²) in [4.78, 5) is 3.75. The highest BCUT2D eigenvalue weighted by atomic mass is 19.4. The van der Waals surface area contributed by atoms with Gasteiger partial charge in [-0.05, 0) is 32.4 Å². The first-order valence-corrected chi connectivity index (χ1v) is 5.06. The lowest BCUT2D eigenvalue weighted by Crippen LogP contribution is -2.30. The Morgan fingerprint density at radius 2 is 1.88 bits per heavy atom. The summed E-state index contributed by atoms with van der Waals surface area (Å²) in [6.45, 7) is 5.93. The third-order valence-corrected chi connectivity index (χ3v) is 2.44. The summed E-state index contributed by atoms with van der Waals surface area (Å²) in [6.07, 6.45) is -2.63. The van der Waals surface area contributed by atoms with Crippen LogP contribution in [0.15, 0.2) is 18.3 Å². The summed E-state index contributed by atoms with van der Waals surface area (Å²) >= 11 is 0. The van der Waals surface area contributed by atoms with Gasteiger partial charge in [-0.15, -0.1) is 0 Å². The molecule has 5 heteroatoms. The second-order valence-electron chi connectivity index (χ2n) is 4.29. The van der Waals surface area contributed by atoms with Crippen molar-refractivity contribution in [1.82, 2.24) is 4.98 Å². The number of nitrogens with zero attached hydrogens (tertiary/aromatic N) is 1. The molecule has 1 N–H and O–H groups in total. The number of nitrogens with one attached hydrogen (secondary N) is 1. The molecular weight excluding hydrogens is 217 g/mol. The normalized spacial score (nSPS) is 12.6. The lowest BCUT2D eigenvalue weighted by atomic mass is 10.0. The van der Waals surface area contributed by atoms with Crippen LogP contribution in [0, 0.1) is 0 Å². The number of pyridine rings is 1. The Labute approximate surface area is 92.9 Å². The number of hydrogen-bond acceptors (Lipinski definition) is 2. The minimum absolute atomic E-state index is 0.174. The van der Waals surface area contributed by atoms with E-state index >= 15 is 0 Å². The van der Waals surface area contributed by atoms with Gasteiger partial charge in [0.1, 0.15) is 5.82 Å². The van der Waals surface area contributed by atoms with Crippen molar-refractivity contribution in [3.8, 4) is 0 Å². The zero-order valence-corrected chi connectivity index (χ0v) is 9.52. The smallest absolute Gasteiger partial charge is 0.365 e. The fraction of sp³-hybridized carbons (Fsp3) is 0.545. The molecule has 0 fully saturated rings. The summed E-state index contributed by atoms with van der Waals surface area (Å²) in [5, 5.41) is 3.07. The Hall–Kier alpha value is -1.26. The summed E-state index contributed by atoms with van der Waals surface area (Å²) in [7, 11) is 0. The molecule has 0 atom stereocenters. The fourth-order valence-corrected chi connectivity index (χ4v) is 1.07. The van der Waals surface area contributed by atoms with E-state index in [9.17, 15) is 13.2 Å². The molecule has 1 rings (SSSR count). The summed E-state index contributed by atoms with van der Waals surface area (Å²) in [5.41, 5.74) is -0.903. The number of halogens is 3. The molecule has 1 heterocycles. The SMILES string of the molecule is CCC(C)(C)Nc1ccc(C(F)(F)F)cn1. The van der Waals surface area contributed by atoms with Gasteiger partial charge < -0.3 is 5.32 Å². The van der Waals surface area contributed by atoms with Crippen LogP contribution in [0.2, 0.25) is 0 Å². The van der Waals surface area contributed by atoms with Crippen LogP contribution in [0.25, 0.3) is 0 Å². The summed E-state index contributed by atoms with van der Waals surface area (Å²) < 4.78 is 36.8. The van der Waals surface area contributed by atoms with Crippen LogP contribution in [0.4, 0.5) is 19.0 Å². The van der Waals surface area contributed by atoms with E-state index in [0.29, 0.717) is 5.82 Å². The number of rotatable bonds is 3. The standard InChI is InChI=1S/C11H15F3N2/c1-4-10(2,3)16-9-6-5-8(7-15-9)11(12,13)14/h5-7H,4H2,1-3H3,(H,15,16). The van der Waals surface area contributed by atoms with Gasteiger partial charge in [-0.25, -0.2) is 4.98 Å². The van der Waals surface area contributed by atoms with Crippen molar-refractivity contribution < 1.29 is 13.2 Å². The molecule has 0 aromatic carbocycles. The van der Waals surface area contributed by atoms with Gasteiger partial charge in [-0.1, -0.05) is 6.92 Å². The first kappa shape index (κ1) is 12.8. The number of hydrogen-bond donors (Lipinski definition) is 1. The Morgan fingerprint density at radius 3 is 2.25 bits per heavy atom. The second kappa shape index (κ2) is 4.31. The van der Waals surface area contributed by atoms with Crippen molar-refractivity contribution in [2.24, 2.45) is 0 Å². The van der Waals surface area contributed by atoms with Crippen molar-refractivity contribution in [2.75, 3.05) is 5.32 Å². The van der Waals surface area contributed by atoms with Crippen LogP contribution in [0.1, 0.15) is 32.8 Å². The van der Waals surface area contributed by atoms with Gasteiger partial charge in [-0.3, -0.25) is 0 Å². The molecule has 0 saturated carbocycles. The molecule has 1 aromatic heterocycles. The molecule has 0 amide bonds.